The van der Waals surface area contributed by atoms with Gasteiger partial charge in [-0.05, 0) is 28.9 Å². The lowest BCUT2D eigenvalue weighted by molar-refractivity contribution is -0.141. The van der Waals surface area contributed by atoms with E-state index in [1.165, 1.54) is 6.07 Å². The fourth-order valence-electron chi connectivity index (χ4n) is 0.896. The Balaban J connectivity index is 2.72. The van der Waals surface area contributed by atoms with E-state index in [-0.39, 0.29) is 10.8 Å². The Labute approximate surface area is 116 Å². The lowest BCUT2D eigenvalue weighted by Gasteiger charge is -2.03. The van der Waals surface area contributed by atoms with Crippen molar-refractivity contribution in [1.82, 2.24) is 4.72 Å². The van der Waals surface area contributed by atoms with Crippen LogP contribution in [-0.4, -0.2) is 27.5 Å². The van der Waals surface area contributed by atoms with Gasteiger partial charge in [0.05, 0.1) is 15.4 Å². The number of nitrogens with one attached hydrogen (secondary N) is 1. The van der Waals surface area contributed by atoms with Gasteiger partial charge in [0.2, 0.25) is 0 Å². The van der Waals surface area contributed by atoms with E-state index in [2.05, 4.69) is 25.4 Å². The van der Waals surface area contributed by atoms with Crippen molar-refractivity contribution in [1.29, 1.82) is 0 Å². The summed E-state index contributed by atoms with van der Waals surface area (Å²) in [6.07, 6.45) is 0. The average Bonchev–Trinajstić information content (AvgIpc) is 2.58. The first-order valence-corrected chi connectivity index (χ1v) is 7.94. The highest BCUT2D eigenvalue weighted by Gasteiger charge is 2.20. The molecule has 0 aliphatic heterocycles. The molecule has 0 saturated heterocycles. The second-order valence-electron chi connectivity index (χ2n) is 2.82. The van der Waals surface area contributed by atoms with Gasteiger partial charge in [-0.15, -0.1) is 11.3 Å². The van der Waals surface area contributed by atoms with Crippen LogP contribution in [0.3, 0.4) is 0 Å². The van der Waals surface area contributed by atoms with Crippen molar-refractivity contribution in [2.24, 2.45) is 0 Å². The summed E-state index contributed by atoms with van der Waals surface area (Å²) in [5, 5.41) is 0.312. The zero-order chi connectivity index (χ0) is 13.1. The molecule has 0 unspecified atom stereocenters. The molecule has 0 fully saturated rings. The Bertz CT molecular complexity index is 494. The van der Waals surface area contributed by atoms with Gasteiger partial charge >= 0.3 is 5.97 Å². The Morgan fingerprint density at radius 2 is 2.29 bits per heavy atom. The highest BCUT2D eigenvalue weighted by molar-refractivity contribution is 9.11. The molecule has 96 valence electrons. The minimum Gasteiger partial charge on any atom is -0.465 e. The third kappa shape index (κ3) is 4.22. The van der Waals surface area contributed by atoms with Gasteiger partial charge in [-0.3, -0.25) is 4.79 Å². The quantitative estimate of drug-likeness (QED) is 0.813. The predicted octanol–water partition coefficient (Wildman–Crippen LogP) is 2.01. The third-order valence-electron chi connectivity index (χ3n) is 1.60. The number of carbonyl (C=O) groups excluding carboxylic acids is 1. The number of hydrogen-bond acceptors (Lipinski definition) is 5. The second-order valence-corrected chi connectivity index (χ2v) is 7.59. The Morgan fingerprint density at radius 1 is 1.65 bits per heavy atom. The molecule has 0 amide bonds. The van der Waals surface area contributed by atoms with Crippen LogP contribution < -0.4 is 4.72 Å². The smallest absolute Gasteiger partial charge is 0.321 e. The summed E-state index contributed by atoms with van der Waals surface area (Å²) in [5.74, 6) is -0.627. The lowest BCUT2D eigenvalue weighted by atomic mass is 10.7. The van der Waals surface area contributed by atoms with Gasteiger partial charge in [0.15, 0.2) is 0 Å². The Kier molecular flexibility index (Phi) is 5.39. The van der Waals surface area contributed by atoms with Crippen LogP contribution >= 0.6 is 38.9 Å². The van der Waals surface area contributed by atoms with E-state index < -0.39 is 22.5 Å². The number of halogens is 2. The van der Waals surface area contributed by atoms with Crippen LogP contribution in [0.15, 0.2) is 14.1 Å². The number of hydrogen-bond donors (Lipinski definition) is 1. The minimum atomic E-state index is -3.72. The van der Waals surface area contributed by atoms with Crippen LogP contribution in [0.25, 0.3) is 0 Å². The van der Waals surface area contributed by atoms with E-state index in [1.54, 1.807) is 6.92 Å². The maximum absolute atomic E-state index is 11.7. The van der Waals surface area contributed by atoms with Crippen molar-refractivity contribution in [3.63, 3.8) is 0 Å². The number of thiophene rings is 1. The van der Waals surface area contributed by atoms with E-state index in [9.17, 15) is 13.2 Å². The molecule has 1 N–H and O–H groups in total. The average molecular weight is 363 g/mol. The van der Waals surface area contributed by atoms with Crippen LogP contribution in [-0.2, 0) is 19.6 Å². The summed E-state index contributed by atoms with van der Waals surface area (Å²) in [6.45, 7) is 1.45. The van der Waals surface area contributed by atoms with E-state index in [0.717, 1.165) is 11.3 Å². The maximum atomic E-state index is 11.7. The normalized spacial score (nSPS) is 11.5. The van der Waals surface area contributed by atoms with Crippen molar-refractivity contribution in [2.75, 3.05) is 13.2 Å². The zero-order valence-corrected chi connectivity index (χ0v) is 12.7. The van der Waals surface area contributed by atoms with Crippen LogP contribution in [0, 0.1) is 0 Å². The van der Waals surface area contributed by atoms with Crippen molar-refractivity contribution in [3.05, 3.63) is 14.9 Å². The van der Waals surface area contributed by atoms with Crippen LogP contribution in [0.5, 0.6) is 0 Å². The number of ether oxygens (including phenoxy) is 1. The van der Waals surface area contributed by atoms with Gasteiger partial charge in [0, 0.05) is 0 Å². The summed E-state index contributed by atoms with van der Waals surface area (Å²) in [6, 6.07) is 1.31. The molecule has 0 saturated carbocycles. The fraction of sp³-hybridized carbons (Fsp3) is 0.375. The summed E-state index contributed by atoms with van der Waals surface area (Å²) in [7, 11) is -3.72. The molecule has 5 nitrogen and oxygen atoms in total. The van der Waals surface area contributed by atoms with Crippen LogP contribution in [0.4, 0.5) is 0 Å². The van der Waals surface area contributed by atoms with Gasteiger partial charge < -0.3 is 4.74 Å². The summed E-state index contributed by atoms with van der Waals surface area (Å²) < 4.78 is 30.7. The Hall–Kier alpha value is -0.150. The predicted molar refractivity (Wildman–Crippen MR) is 68.9 cm³/mol. The van der Waals surface area contributed by atoms with E-state index in [1.807, 2.05) is 0 Å². The van der Waals surface area contributed by atoms with Crippen LogP contribution in [0.1, 0.15) is 6.92 Å². The molecule has 0 aromatic carbocycles. The summed E-state index contributed by atoms with van der Waals surface area (Å²) in [4.78, 5) is 11.0. The molecule has 0 spiro atoms. The molecule has 1 aromatic heterocycles. The monoisotopic (exact) mass is 361 g/mol. The summed E-state index contributed by atoms with van der Waals surface area (Å²) >= 11 is 9.81. The standard InChI is InChI=1S/C8H9BrClNO4S2/c1-2-15-6(12)4-11-17(13,14)7-3-5(10)8(9)16-7/h3,11H,2,4H2,1H3. The molecule has 0 bridgehead atoms. The highest BCUT2D eigenvalue weighted by atomic mass is 79.9. The molecule has 9 heteroatoms. The van der Waals surface area contributed by atoms with E-state index in [0.29, 0.717) is 8.81 Å². The maximum Gasteiger partial charge on any atom is 0.321 e. The number of rotatable bonds is 5. The molecule has 1 aromatic rings. The molecule has 0 atom stereocenters. The van der Waals surface area contributed by atoms with Gasteiger partial charge in [0.1, 0.15) is 10.8 Å². The number of esters is 1. The van der Waals surface area contributed by atoms with E-state index in [4.69, 9.17) is 11.6 Å². The first-order valence-electron chi connectivity index (χ1n) is 4.47. The first-order chi connectivity index (χ1) is 7.86. The molecule has 1 rings (SSSR count). The van der Waals surface area contributed by atoms with Crippen molar-refractivity contribution < 1.29 is 17.9 Å². The number of sulfonamides is 1. The van der Waals surface area contributed by atoms with Gasteiger partial charge in [-0.1, -0.05) is 11.6 Å². The van der Waals surface area contributed by atoms with E-state index >= 15 is 0 Å². The zero-order valence-electron chi connectivity index (χ0n) is 8.70. The minimum absolute atomic E-state index is 0.0404. The highest BCUT2D eigenvalue weighted by Crippen LogP contribution is 2.34. The number of carbonyl (C=O) groups is 1. The van der Waals surface area contributed by atoms with Gasteiger partial charge in [-0.2, -0.15) is 4.72 Å². The molecular weight excluding hydrogens is 354 g/mol. The van der Waals surface area contributed by atoms with Crippen molar-refractivity contribution >= 4 is 54.9 Å². The third-order valence-corrected chi connectivity index (χ3v) is 5.95. The van der Waals surface area contributed by atoms with Crippen molar-refractivity contribution in [2.45, 2.75) is 11.1 Å². The van der Waals surface area contributed by atoms with Crippen molar-refractivity contribution in [3.8, 4) is 0 Å². The Morgan fingerprint density at radius 3 is 2.76 bits per heavy atom. The molecule has 0 aliphatic rings. The fourth-order valence-corrected chi connectivity index (χ4v) is 4.31. The lowest BCUT2D eigenvalue weighted by Crippen LogP contribution is -2.30. The molecule has 0 aliphatic carbocycles. The van der Waals surface area contributed by atoms with Gasteiger partial charge in [0.25, 0.3) is 10.0 Å². The largest absolute Gasteiger partial charge is 0.465 e. The molecule has 1 heterocycles. The second kappa shape index (κ2) is 6.14. The molecule has 17 heavy (non-hydrogen) atoms. The first kappa shape index (κ1) is 14.9. The van der Waals surface area contributed by atoms with Crippen LogP contribution in [0.2, 0.25) is 5.02 Å². The molecular formula is C8H9BrClNO4S2. The topological polar surface area (TPSA) is 72.5 Å². The summed E-state index contributed by atoms with van der Waals surface area (Å²) in [5.41, 5.74) is 0. The molecule has 0 radical (unpaired) electrons. The van der Waals surface area contributed by atoms with Gasteiger partial charge in [-0.25, -0.2) is 8.42 Å². The SMILES string of the molecule is CCOC(=O)CNS(=O)(=O)c1cc(Cl)c(Br)s1.